The summed E-state index contributed by atoms with van der Waals surface area (Å²) in [5, 5.41) is 2.73. The molecule has 2 aromatic heterocycles. The molecule has 0 atom stereocenters. The van der Waals surface area contributed by atoms with Gasteiger partial charge in [-0.15, -0.1) is 0 Å². The summed E-state index contributed by atoms with van der Waals surface area (Å²) >= 11 is 0. The van der Waals surface area contributed by atoms with Crippen LogP contribution in [0.1, 0.15) is 26.5 Å². The molecule has 0 aliphatic heterocycles. The summed E-state index contributed by atoms with van der Waals surface area (Å²) in [7, 11) is 0. The van der Waals surface area contributed by atoms with Crippen LogP contribution in [0.15, 0.2) is 34.9 Å². The highest BCUT2D eigenvalue weighted by molar-refractivity contribution is 5.71. The lowest BCUT2D eigenvalue weighted by Gasteiger charge is -2.19. The zero-order valence-corrected chi connectivity index (χ0v) is 12.1. The minimum atomic E-state index is -0.495. The molecule has 2 rings (SSSR count). The van der Waals surface area contributed by atoms with Gasteiger partial charge >= 0.3 is 6.09 Å². The average molecular weight is 274 g/mol. The first-order chi connectivity index (χ1) is 9.33. The molecule has 5 nitrogen and oxygen atoms in total. The number of aromatic nitrogens is 1. The van der Waals surface area contributed by atoms with E-state index in [0.29, 0.717) is 17.2 Å². The molecular weight excluding hydrogens is 256 g/mol. The van der Waals surface area contributed by atoms with E-state index in [4.69, 9.17) is 9.15 Å². The van der Waals surface area contributed by atoms with E-state index in [1.807, 2.05) is 39.8 Å². The minimum absolute atomic E-state index is 0.342. The largest absolute Gasteiger partial charge is 0.460 e. The number of hydrogen-bond acceptors (Lipinski definition) is 4. The molecular formula is C15H18N2O3. The number of amides is 1. The van der Waals surface area contributed by atoms with E-state index in [9.17, 15) is 4.79 Å². The summed E-state index contributed by atoms with van der Waals surface area (Å²) in [6.07, 6.45) is 1.08. The van der Waals surface area contributed by atoms with Crippen molar-refractivity contribution in [1.29, 1.82) is 0 Å². The SMILES string of the molecule is Cc1ccc(-c2cc(OC(=O)NC(C)(C)C)ccn2)o1. The van der Waals surface area contributed by atoms with Crippen molar-refractivity contribution >= 4 is 6.09 Å². The number of carbonyl (C=O) groups is 1. The van der Waals surface area contributed by atoms with Crippen LogP contribution in [-0.2, 0) is 0 Å². The number of aryl methyl sites for hydroxylation is 1. The van der Waals surface area contributed by atoms with E-state index in [1.54, 1.807) is 18.3 Å². The van der Waals surface area contributed by atoms with Gasteiger partial charge in [0.25, 0.3) is 0 Å². The molecule has 20 heavy (non-hydrogen) atoms. The monoisotopic (exact) mass is 274 g/mol. The molecule has 5 heteroatoms. The smallest absolute Gasteiger partial charge is 0.413 e. The number of ether oxygens (including phenoxy) is 1. The molecule has 1 amide bonds. The van der Waals surface area contributed by atoms with Crippen molar-refractivity contribution in [2.75, 3.05) is 0 Å². The van der Waals surface area contributed by atoms with Gasteiger partial charge in [-0.05, 0) is 45.9 Å². The van der Waals surface area contributed by atoms with Crippen LogP contribution in [0.4, 0.5) is 4.79 Å². The van der Waals surface area contributed by atoms with Gasteiger partial charge in [0.05, 0.1) is 0 Å². The Kier molecular flexibility index (Phi) is 3.79. The van der Waals surface area contributed by atoms with Crippen LogP contribution >= 0.6 is 0 Å². The number of hydrogen-bond donors (Lipinski definition) is 1. The molecule has 2 aromatic rings. The van der Waals surface area contributed by atoms with Gasteiger partial charge in [0.2, 0.25) is 0 Å². The van der Waals surface area contributed by atoms with Gasteiger partial charge in [-0.2, -0.15) is 0 Å². The molecule has 0 aliphatic carbocycles. The van der Waals surface area contributed by atoms with Crippen LogP contribution in [0.3, 0.4) is 0 Å². The number of pyridine rings is 1. The first kappa shape index (κ1) is 14.1. The van der Waals surface area contributed by atoms with Crippen LogP contribution in [-0.4, -0.2) is 16.6 Å². The second-order valence-electron chi connectivity index (χ2n) is 5.55. The van der Waals surface area contributed by atoms with Crippen LogP contribution in [0.5, 0.6) is 5.75 Å². The van der Waals surface area contributed by atoms with Gasteiger partial charge in [0.15, 0.2) is 5.76 Å². The van der Waals surface area contributed by atoms with Crippen LogP contribution in [0.25, 0.3) is 11.5 Å². The lowest BCUT2D eigenvalue weighted by atomic mass is 10.1. The predicted octanol–water partition coefficient (Wildman–Crippen LogP) is 3.54. The van der Waals surface area contributed by atoms with Gasteiger partial charge in [-0.25, -0.2) is 4.79 Å². The Morgan fingerprint density at radius 3 is 2.65 bits per heavy atom. The second kappa shape index (κ2) is 5.36. The summed E-state index contributed by atoms with van der Waals surface area (Å²) in [5.41, 5.74) is 0.282. The van der Waals surface area contributed by atoms with E-state index >= 15 is 0 Å². The zero-order chi connectivity index (χ0) is 14.8. The number of rotatable bonds is 2. The molecule has 0 fully saturated rings. The van der Waals surface area contributed by atoms with Crippen molar-refractivity contribution in [3.8, 4) is 17.2 Å². The molecule has 1 N–H and O–H groups in total. The third-order valence-electron chi connectivity index (χ3n) is 2.41. The second-order valence-corrected chi connectivity index (χ2v) is 5.55. The molecule has 0 unspecified atom stereocenters. The molecule has 0 aromatic carbocycles. The summed E-state index contributed by atoms with van der Waals surface area (Å²) in [6, 6.07) is 6.98. The molecule has 0 radical (unpaired) electrons. The average Bonchev–Trinajstić information content (AvgIpc) is 2.73. The lowest BCUT2D eigenvalue weighted by molar-refractivity contribution is 0.190. The van der Waals surface area contributed by atoms with Crippen molar-refractivity contribution in [3.05, 3.63) is 36.2 Å². The van der Waals surface area contributed by atoms with Gasteiger partial charge in [-0.3, -0.25) is 4.98 Å². The summed E-state index contributed by atoms with van der Waals surface area (Å²) in [5.74, 6) is 1.87. The van der Waals surface area contributed by atoms with Crippen molar-refractivity contribution in [2.24, 2.45) is 0 Å². The topological polar surface area (TPSA) is 64.4 Å². The Bertz CT molecular complexity index is 612. The Morgan fingerprint density at radius 1 is 1.30 bits per heavy atom. The maximum atomic E-state index is 11.7. The minimum Gasteiger partial charge on any atom is -0.460 e. The van der Waals surface area contributed by atoms with Crippen LogP contribution in [0.2, 0.25) is 0 Å². The molecule has 106 valence electrons. The zero-order valence-electron chi connectivity index (χ0n) is 12.1. The van der Waals surface area contributed by atoms with E-state index in [1.165, 1.54) is 0 Å². The highest BCUT2D eigenvalue weighted by atomic mass is 16.6. The maximum Gasteiger partial charge on any atom is 0.413 e. The van der Waals surface area contributed by atoms with Gasteiger partial charge in [0, 0.05) is 17.8 Å². The van der Waals surface area contributed by atoms with Gasteiger partial charge in [0.1, 0.15) is 17.2 Å². The number of carbonyl (C=O) groups excluding carboxylic acids is 1. The molecule has 0 aliphatic rings. The number of furan rings is 1. The van der Waals surface area contributed by atoms with Crippen LogP contribution < -0.4 is 10.1 Å². The van der Waals surface area contributed by atoms with Crippen LogP contribution in [0, 0.1) is 6.92 Å². The molecule has 0 saturated heterocycles. The highest BCUT2D eigenvalue weighted by Crippen LogP contribution is 2.23. The Labute approximate surface area is 118 Å². The van der Waals surface area contributed by atoms with Crippen molar-refractivity contribution < 1.29 is 13.9 Å². The van der Waals surface area contributed by atoms with Crippen molar-refractivity contribution in [1.82, 2.24) is 10.3 Å². The fourth-order valence-corrected chi connectivity index (χ4v) is 1.62. The Morgan fingerprint density at radius 2 is 2.05 bits per heavy atom. The number of nitrogens with one attached hydrogen (secondary N) is 1. The van der Waals surface area contributed by atoms with Crippen molar-refractivity contribution in [2.45, 2.75) is 33.2 Å². The maximum absolute atomic E-state index is 11.7. The van der Waals surface area contributed by atoms with E-state index in [-0.39, 0.29) is 5.54 Å². The van der Waals surface area contributed by atoms with Gasteiger partial charge in [-0.1, -0.05) is 0 Å². The summed E-state index contributed by atoms with van der Waals surface area (Å²) in [6.45, 7) is 7.52. The first-order valence-electron chi connectivity index (χ1n) is 6.36. The first-order valence-corrected chi connectivity index (χ1v) is 6.36. The van der Waals surface area contributed by atoms with E-state index in [2.05, 4.69) is 10.3 Å². The summed E-state index contributed by atoms with van der Waals surface area (Å²) < 4.78 is 10.7. The standard InChI is InChI=1S/C15H18N2O3/c1-10-5-6-13(19-10)12-9-11(7-8-16-12)20-14(18)17-15(2,3)4/h5-9H,1-4H3,(H,17,18). The lowest BCUT2D eigenvalue weighted by Crippen LogP contribution is -2.42. The fraction of sp³-hybridized carbons (Fsp3) is 0.333. The molecule has 0 spiro atoms. The predicted molar refractivity (Wildman–Crippen MR) is 75.6 cm³/mol. The molecule has 0 saturated carbocycles. The number of nitrogens with zero attached hydrogens (tertiary/aromatic N) is 1. The Hall–Kier alpha value is -2.30. The quantitative estimate of drug-likeness (QED) is 0.909. The fourth-order valence-electron chi connectivity index (χ4n) is 1.62. The van der Waals surface area contributed by atoms with E-state index < -0.39 is 6.09 Å². The highest BCUT2D eigenvalue weighted by Gasteiger charge is 2.15. The van der Waals surface area contributed by atoms with E-state index in [0.717, 1.165) is 5.76 Å². The molecule has 0 bridgehead atoms. The third kappa shape index (κ3) is 3.85. The molecule has 2 heterocycles. The Balaban J connectivity index is 2.12. The third-order valence-corrected chi connectivity index (χ3v) is 2.41. The van der Waals surface area contributed by atoms with Crippen molar-refractivity contribution in [3.63, 3.8) is 0 Å². The summed E-state index contributed by atoms with van der Waals surface area (Å²) in [4.78, 5) is 15.9. The van der Waals surface area contributed by atoms with Gasteiger partial charge < -0.3 is 14.5 Å². The normalized spacial score (nSPS) is 11.2.